The summed E-state index contributed by atoms with van der Waals surface area (Å²) in [7, 11) is 9.47. The number of nitrogens with zero attached hydrogens (tertiary/aromatic N) is 1. The standard InChI is InChI=1S/C36H60N3.2ClH.Co/c1-21(2)27-13-31(23(5)6)35(32(14-27)24(7)8)17-29(37)19-39-20-30(38)18-36-33(25(9)10)15-28(22(3)4)16-34(36)26(11)12;;;/h13-16,21-26,29-30H,17-20,37-38H2,1-12H3;2*1H;/q-1;;;+3/p-2. The van der Waals surface area contributed by atoms with E-state index >= 15 is 0 Å². The molecule has 0 fully saturated rings. The molecule has 2 unspecified atom stereocenters. The monoisotopic (exact) mass is 663 g/mol. The maximum absolute atomic E-state index is 6.72. The molecule has 0 saturated heterocycles. The van der Waals surface area contributed by atoms with Crippen molar-refractivity contribution in [2.75, 3.05) is 13.1 Å². The van der Waals surface area contributed by atoms with Crippen LogP contribution in [0.4, 0.5) is 0 Å². The van der Waals surface area contributed by atoms with Crippen molar-refractivity contribution in [1.82, 2.24) is 0 Å². The van der Waals surface area contributed by atoms with Crippen LogP contribution in [-0.4, -0.2) is 25.2 Å². The zero-order valence-electron chi connectivity index (χ0n) is 28.4. The van der Waals surface area contributed by atoms with Crippen molar-refractivity contribution in [1.29, 1.82) is 0 Å². The average Bonchev–Trinajstić information content (AvgIpc) is 2.88. The number of halogens is 2. The fourth-order valence-electron chi connectivity index (χ4n) is 5.74. The van der Waals surface area contributed by atoms with Crippen LogP contribution in [0, 0.1) is 0 Å². The first-order chi connectivity index (χ1) is 19.5. The number of hydrogen-bond donors (Lipinski definition) is 2. The molecule has 4 N–H and O–H groups in total. The van der Waals surface area contributed by atoms with Crippen molar-refractivity contribution < 1.29 is 12.9 Å². The molecule has 0 aliphatic heterocycles. The predicted molar refractivity (Wildman–Crippen MR) is 186 cm³/mol. The second-order valence-electron chi connectivity index (χ2n) is 13.8. The first-order valence-corrected chi connectivity index (χ1v) is 18.7. The molecule has 0 bridgehead atoms. The zero-order valence-corrected chi connectivity index (χ0v) is 31.0. The van der Waals surface area contributed by atoms with Gasteiger partial charge in [0.05, 0.1) is 0 Å². The van der Waals surface area contributed by atoms with Gasteiger partial charge >= 0.3 is 33.2 Å². The van der Waals surface area contributed by atoms with Gasteiger partial charge < -0.3 is 16.8 Å². The average molecular weight is 665 g/mol. The van der Waals surface area contributed by atoms with Gasteiger partial charge in [-0.3, -0.25) is 0 Å². The Balaban J connectivity index is 0.00000281. The van der Waals surface area contributed by atoms with Crippen LogP contribution in [0.3, 0.4) is 0 Å². The van der Waals surface area contributed by atoms with E-state index in [2.05, 4.69) is 107 Å². The molecule has 0 aliphatic carbocycles. The molecule has 0 heterocycles. The van der Waals surface area contributed by atoms with Gasteiger partial charge in [-0.15, -0.1) is 13.1 Å². The van der Waals surface area contributed by atoms with Crippen LogP contribution in [0.5, 0.6) is 0 Å². The molecule has 0 aromatic heterocycles. The van der Waals surface area contributed by atoms with E-state index in [1.54, 1.807) is 0 Å². The zero-order chi connectivity index (χ0) is 32.3. The molecule has 242 valence electrons. The van der Waals surface area contributed by atoms with Crippen molar-refractivity contribution >= 4 is 20.3 Å². The Morgan fingerprint density at radius 2 is 0.762 bits per heavy atom. The molecule has 0 saturated carbocycles. The Morgan fingerprint density at radius 1 is 0.524 bits per heavy atom. The summed E-state index contributed by atoms with van der Waals surface area (Å²) in [6.07, 6.45) is 1.73. The molecular weight excluding hydrogens is 604 g/mol. The van der Waals surface area contributed by atoms with Crippen molar-refractivity contribution in [3.05, 3.63) is 74.1 Å². The SMILES string of the molecule is CC(C)c1cc(C(C)C)c(CC(N)C[N-]CC(N)Cc2c(C(C)C)cc(C(C)C)cc2C(C)C)c(C(C)C)c1.[Cl][Co+][Cl]. The first-order valence-electron chi connectivity index (χ1n) is 15.9. The molecule has 0 aliphatic rings. The normalized spacial score (nSPS) is 13.6. The van der Waals surface area contributed by atoms with Gasteiger partial charge in [-0.05, 0) is 105 Å². The summed E-state index contributed by atoms with van der Waals surface area (Å²) < 4.78 is 0. The summed E-state index contributed by atoms with van der Waals surface area (Å²) in [5.41, 5.74) is 25.0. The summed E-state index contributed by atoms with van der Waals surface area (Å²) in [6, 6.07) is 9.66. The topological polar surface area (TPSA) is 66.1 Å². The summed E-state index contributed by atoms with van der Waals surface area (Å²) in [4.78, 5) is 0. The van der Waals surface area contributed by atoms with E-state index in [-0.39, 0.29) is 12.1 Å². The van der Waals surface area contributed by atoms with Gasteiger partial charge in [0, 0.05) is 0 Å². The third-order valence-electron chi connectivity index (χ3n) is 8.16. The molecule has 2 atom stereocenters. The summed E-state index contributed by atoms with van der Waals surface area (Å²) in [6.45, 7) is 28.8. The Labute approximate surface area is 274 Å². The van der Waals surface area contributed by atoms with E-state index in [1.807, 2.05) is 0 Å². The number of benzene rings is 2. The van der Waals surface area contributed by atoms with Crippen LogP contribution in [0.1, 0.15) is 163 Å². The molecule has 0 radical (unpaired) electrons. The summed E-state index contributed by atoms with van der Waals surface area (Å²) in [5, 5.41) is 4.90. The van der Waals surface area contributed by atoms with Crippen LogP contribution in [0.2, 0.25) is 0 Å². The van der Waals surface area contributed by atoms with Crippen molar-refractivity contribution in [2.45, 2.75) is 144 Å². The maximum atomic E-state index is 6.72. The molecular formula is C36H60Cl2CoN3. The molecule has 2 rings (SSSR count). The Morgan fingerprint density at radius 3 is 0.952 bits per heavy atom. The van der Waals surface area contributed by atoms with Crippen molar-refractivity contribution in [2.24, 2.45) is 11.5 Å². The summed E-state index contributed by atoms with van der Waals surface area (Å²) >= 11 is 0.382. The van der Waals surface area contributed by atoms with Crippen LogP contribution in [0.15, 0.2) is 24.3 Å². The van der Waals surface area contributed by atoms with E-state index in [0.717, 1.165) is 12.8 Å². The van der Waals surface area contributed by atoms with Gasteiger partial charge in [0.1, 0.15) is 0 Å². The minimum atomic E-state index is -0.000115. The van der Waals surface area contributed by atoms with E-state index in [9.17, 15) is 0 Å². The number of rotatable bonds is 14. The molecule has 3 nitrogen and oxygen atoms in total. The Hall–Kier alpha value is -0.594. The van der Waals surface area contributed by atoms with Crippen molar-refractivity contribution in [3.8, 4) is 0 Å². The van der Waals surface area contributed by atoms with Gasteiger partial charge in [-0.25, -0.2) is 0 Å². The number of hydrogen-bond acceptors (Lipinski definition) is 2. The van der Waals surface area contributed by atoms with Gasteiger partial charge in [-0.2, -0.15) is 0 Å². The van der Waals surface area contributed by atoms with E-state index < -0.39 is 0 Å². The fourth-order valence-corrected chi connectivity index (χ4v) is 5.74. The van der Waals surface area contributed by atoms with Crippen LogP contribution in [-0.2, 0) is 25.7 Å². The van der Waals surface area contributed by atoms with Gasteiger partial charge in [-0.1, -0.05) is 107 Å². The second kappa shape index (κ2) is 19.0. The molecule has 42 heavy (non-hydrogen) atoms. The van der Waals surface area contributed by atoms with Crippen LogP contribution < -0.4 is 11.5 Å². The molecule has 0 amide bonds. The van der Waals surface area contributed by atoms with E-state index in [0.29, 0.717) is 61.5 Å². The predicted octanol–water partition coefficient (Wildman–Crippen LogP) is 10.6. The van der Waals surface area contributed by atoms with Crippen molar-refractivity contribution in [3.63, 3.8) is 0 Å². The number of nitrogens with two attached hydrogens (primary N) is 2. The van der Waals surface area contributed by atoms with Gasteiger partial charge in [0.2, 0.25) is 0 Å². The van der Waals surface area contributed by atoms with Gasteiger partial charge in [0.25, 0.3) is 0 Å². The van der Waals surface area contributed by atoms with E-state index in [4.69, 9.17) is 37.1 Å². The molecule has 0 spiro atoms. The first kappa shape index (κ1) is 39.4. The Bertz CT molecular complexity index is 938. The van der Waals surface area contributed by atoms with Gasteiger partial charge in [0.15, 0.2) is 0 Å². The van der Waals surface area contributed by atoms with Crippen LogP contribution in [0.25, 0.3) is 5.32 Å². The second-order valence-corrected chi connectivity index (χ2v) is 15.6. The quantitative estimate of drug-likeness (QED) is 0.211. The molecule has 6 heteroatoms. The minimum absolute atomic E-state index is 0.000115. The Kier molecular flexibility index (Phi) is 17.9. The molecule has 2 aromatic carbocycles. The third-order valence-corrected chi connectivity index (χ3v) is 8.16. The molecule has 2 aromatic rings. The fraction of sp³-hybridized carbons (Fsp3) is 0.667. The summed E-state index contributed by atoms with van der Waals surface area (Å²) in [5.74, 6) is 2.94. The van der Waals surface area contributed by atoms with Crippen LogP contribution >= 0.6 is 20.3 Å². The third kappa shape index (κ3) is 12.1. The van der Waals surface area contributed by atoms with E-state index in [1.165, 1.54) is 44.5 Å².